The van der Waals surface area contributed by atoms with E-state index < -0.39 is 5.82 Å². The molecule has 0 fully saturated rings. The highest BCUT2D eigenvalue weighted by atomic mass is 35.5. The van der Waals surface area contributed by atoms with E-state index in [9.17, 15) is 9.18 Å². The second-order valence-electron chi connectivity index (χ2n) is 3.97. The molecular formula is C15H9ClFNO2. The number of carbonyl (C=O) groups excluding carboxylic acids is 1. The number of nitrogens with zero attached hydrogens (tertiary/aromatic N) is 1. The van der Waals surface area contributed by atoms with E-state index in [0.717, 1.165) is 0 Å². The summed E-state index contributed by atoms with van der Waals surface area (Å²) < 4.78 is 18.0. The van der Waals surface area contributed by atoms with Crippen molar-refractivity contribution in [3.63, 3.8) is 0 Å². The van der Waals surface area contributed by atoms with Gasteiger partial charge in [0.15, 0.2) is 12.4 Å². The number of nitriles is 1. The molecule has 0 aliphatic rings. The molecule has 2 aromatic carbocycles. The SMILES string of the molecule is N#Cc1ccc(OCC(=O)c2ccc(F)cc2)cc1Cl. The van der Waals surface area contributed by atoms with Crippen LogP contribution in [0.2, 0.25) is 5.02 Å². The standard InChI is InChI=1S/C15H9ClFNO2/c16-14-7-13(6-3-11(14)8-18)20-9-15(19)10-1-4-12(17)5-2-10/h1-7H,9H2. The van der Waals surface area contributed by atoms with Crippen LogP contribution in [0.15, 0.2) is 42.5 Å². The number of ether oxygens (including phenoxy) is 1. The third-order valence-corrected chi connectivity index (χ3v) is 2.91. The molecule has 0 atom stereocenters. The van der Waals surface area contributed by atoms with Gasteiger partial charge < -0.3 is 4.74 Å². The molecule has 0 saturated carbocycles. The summed E-state index contributed by atoms with van der Waals surface area (Å²) >= 11 is 5.85. The molecule has 20 heavy (non-hydrogen) atoms. The van der Waals surface area contributed by atoms with E-state index in [2.05, 4.69) is 0 Å². The highest BCUT2D eigenvalue weighted by Crippen LogP contribution is 2.22. The van der Waals surface area contributed by atoms with Crippen LogP contribution in [0, 0.1) is 17.1 Å². The predicted molar refractivity (Wildman–Crippen MR) is 72.4 cm³/mol. The fraction of sp³-hybridized carbons (Fsp3) is 0.0667. The summed E-state index contributed by atoms with van der Waals surface area (Å²) in [5.74, 6) is -0.281. The van der Waals surface area contributed by atoms with Gasteiger partial charge in [-0.1, -0.05) is 11.6 Å². The lowest BCUT2D eigenvalue weighted by Crippen LogP contribution is -2.11. The van der Waals surface area contributed by atoms with Crippen molar-refractivity contribution in [2.45, 2.75) is 0 Å². The Hall–Kier alpha value is -2.38. The molecule has 0 unspecified atom stereocenters. The minimum Gasteiger partial charge on any atom is -0.485 e. The topological polar surface area (TPSA) is 50.1 Å². The number of carbonyl (C=O) groups is 1. The van der Waals surface area contributed by atoms with Crippen molar-refractivity contribution in [3.05, 3.63) is 64.4 Å². The Morgan fingerprint density at radius 2 is 1.95 bits per heavy atom. The van der Waals surface area contributed by atoms with Crippen LogP contribution in [0.25, 0.3) is 0 Å². The quantitative estimate of drug-likeness (QED) is 0.808. The van der Waals surface area contributed by atoms with Gasteiger partial charge >= 0.3 is 0 Å². The van der Waals surface area contributed by atoms with Crippen molar-refractivity contribution in [2.75, 3.05) is 6.61 Å². The van der Waals surface area contributed by atoms with E-state index in [0.29, 0.717) is 16.9 Å². The van der Waals surface area contributed by atoms with Crippen LogP contribution in [-0.2, 0) is 0 Å². The molecule has 0 radical (unpaired) electrons. The van der Waals surface area contributed by atoms with Gasteiger partial charge in [-0.2, -0.15) is 5.26 Å². The Morgan fingerprint density at radius 1 is 1.25 bits per heavy atom. The maximum Gasteiger partial charge on any atom is 0.200 e. The maximum absolute atomic E-state index is 12.7. The molecule has 0 saturated heterocycles. The van der Waals surface area contributed by atoms with Gasteiger partial charge in [-0.15, -0.1) is 0 Å². The van der Waals surface area contributed by atoms with Gasteiger partial charge in [-0.25, -0.2) is 4.39 Å². The normalized spacial score (nSPS) is 9.85. The molecule has 2 aromatic rings. The Kier molecular flexibility index (Phi) is 4.34. The van der Waals surface area contributed by atoms with Crippen molar-refractivity contribution in [1.82, 2.24) is 0 Å². The first-order valence-electron chi connectivity index (χ1n) is 5.71. The molecule has 0 aliphatic carbocycles. The minimum absolute atomic E-state index is 0.187. The third kappa shape index (κ3) is 3.34. The largest absolute Gasteiger partial charge is 0.485 e. The van der Waals surface area contributed by atoms with Crippen LogP contribution in [0.3, 0.4) is 0 Å². The average Bonchev–Trinajstić information content (AvgIpc) is 2.45. The third-order valence-electron chi connectivity index (χ3n) is 2.60. The summed E-state index contributed by atoms with van der Waals surface area (Å²) in [5, 5.41) is 9.00. The average molecular weight is 290 g/mol. The molecule has 0 bridgehead atoms. The summed E-state index contributed by atoms with van der Waals surface area (Å²) in [6.45, 7) is -0.187. The van der Waals surface area contributed by atoms with Gasteiger partial charge in [0.1, 0.15) is 17.6 Å². The number of benzene rings is 2. The number of Topliss-reactive ketones (excluding diaryl/α,β-unsaturated/α-hetero) is 1. The molecular weight excluding hydrogens is 281 g/mol. The lowest BCUT2D eigenvalue weighted by Gasteiger charge is -2.06. The first-order chi connectivity index (χ1) is 9.60. The first kappa shape index (κ1) is 14.0. The number of hydrogen-bond acceptors (Lipinski definition) is 3. The molecule has 100 valence electrons. The number of rotatable bonds is 4. The van der Waals surface area contributed by atoms with Gasteiger partial charge in [-0.05, 0) is 36.4 Å². The van der Waals surface area contributed by atoms with Gasteiger partial charge in [-0.3, -0.25) is 4.79 Å². The van der Waals surface area contributed by atoms with Crippen LogP contribution in [0.4, 0.5) is 4.39 Å². The highest BCUT2D eigenvalue weighted by Gasteiger charge is 2.08. The van der Waals surface area contributed by atoms with E-state index in [-0.39, 0.29) is 17.4 Å². The number of ketones is 1. The summed E-state index contributed by atoms with van der Waals surface area (Å²) in [4.78, 5) is 11.8. The van der Waals surface area contributed by atoms with Gasteiger partial charge in [0, 0.05) is 11.6 Å². The molecule has 5 heteroatoms. The molecule has 0 N–H and O–H groups in total. The van der Waals surface area contributed by atoms with Crippen LogP contribution in [0.1, 0.15) is 15.9 Å². The maximum atomic E-state index is 12.7. The predicted octanol–water partition coefficient (Wildman–Crippen LogP) is 3.61. The summed E-state index contributed by atoms with van der Waals surface area (Å²) in [5.41, 5.74) is 0.704. The van der Waals surface area contributed by atoms with Crippen LogP contribution < -0.4 is 4.74 Å². The molecule has 2 rings (SSSR count). The summed E-state index contributed by atoms with van der Waals surface area (Å²) in [6.07, 6.45) is 0. The Labute approximate surface area is 120 Å². The number of hydrogen-bond donors (Lipinski definition) is 0. The van der Waals surface area contributed by atoms with Crippen LogP contribution in [-0.4, -0.2) is 12.4 Å². The molecule has 0 aromatic heterocycles. The lowest BCUT2D eigenvalue weighted by molar-refractivity contribution is 0.0921. The Bertz CT molecular complexity index is 677. The van der Waals surface area contributed by atoms with E-state index in [1.807, 2.05) is 6.07 Å². The van der Waals surface area contributed by atoms with E-state index in [1.54, 1.807) is 6.07 Å². The van der Waals surface area contributed by atoms with Gasteiger partial charge in [0.25, 0.3) is 0 Å². The van der Waals surface area contributed by atoms with Crippen molar-refractivity contribution in [3.8, 4) is 11.8 Å². The van der Waals surface area contributed by atoms with Crippen LogP contribution >= 0.6 is 11.6 Å². The zero-order chi connectivity index (χ0) is 14.5. The highest BCUT2D eigenvalue weighted by molar-refractivity contribution is 6.31. The molecule has 0 spiro atoms. The molecule has 3 nitrogen and oxygen atoms in total. The second kappa shape index (κ2) is 6.18. The number of halogens is 2. The first-order valence-corrected chi connectivity index (χ1v) is 6.09. The second-order valence-corrected chi connectivity index (χ2v) is 4.38. The Balaban J connectivity index is 2.02. The molecule has 0 amide bonds. The fourth-order valence-electron chi connectivity index (χ4n) is 1.54. The van der Waals surface area contributed by atoms with E-state index >= 15 is 0 Å². The molecule has 0 heterocycles. The smallest absolute Gasteiger partial charge is 0.200 e. The minimum atomic E-state index is -0.402. The van der Waals surface area contributed by atoms with Crippen molar-refractivity contribution < 1.29 is 13.9 Å². The van der Waals surface area contributed by atoms with Crippen molar-refractivity contribution in [2.24, 2.45) is 0 Å². The van der Waals surface area contributed by atoms with Crippen molar-refractivity contribution in [1.29, 1.82) is 5.26 Å². The molecule has 0 aliphatic heterocycles. The monoisotopic (exact) mass is 289 g/mol. The zero-order valence-electron chi connectivity index (χ0n) is 10.3. The lowest BCUT2D eigenvalue weighted by atomic mass is 10.1. The van der Waals surface area contributed by atoms with E-state index in [1.165, 1.54) is 36.4 Å². The van der Waals surface area contributed by atoms with E-state index in [4.69, 9.17) is 21.6 Å². The van der Waals surface area contributed by atoms with Gasteiger partial charge in [0.05, 0.1) is 10.6 Å². The van der Waals surface area contributed by atoms with Gasteiger partial charge in [0.2, 0.25) is 0 Å². The zero-order valence-corrected chi connectivity index (χ0v) is 11.0. The summed E-state index contributed by atoms with van der Waals surface area (Å²) in [7, 11) is 0. The van der Waals surface area contributed by atoms with Crippen LogP contribution in [0.5, 0.6) is 5.75 Å². The van der Waals surface area contributed by atoms with Crippen molar-refractivity contribution >= 4 is 17.4 Å². The fourth-order valence-corrected chi connectivity index (χ4v) is 1.76. The summed E-state index contributed by atoms with van der Waals surface area (Å²) in [6, 6.07) is 11.7. The Morgan fingerprint density at radius 3 is 2.55 bits per heavy atom.